The maximum absolute atomic E-state index is 14.3. The minimum atomic E-state index is -4.30. The Kier molecular flexibility index (Phi) is 11.3. The van der Waals surface area contributed by atoms with E-state index in [9.17, 15) is 18.0 Å². The lowest BCUT2D eigenvalue weighted by Crippen LogP contribution is -2.52. The molecule has 0 radical (unpaired) electrons. The van der Waals surface area contributed by atoms with E-state index in [-0.39, 0.29) is 34.8 Å². The number of hydrogen-bond donors (Lipinski definition) is 1. The summed E-state index contributed by atoms with van der Waals surface area (Å²) in [6.45, 7) is 5.52. The molecule has 3 aromatic rings. The van der Waals surface area contributed by atoms with Gasteiger partial charge in [-0.2, -0.15) is 0 Å². The van der Waals surface area contributed by atoms with E-state index in [0.29, 0.717) is 18.1 Å². The van der Waals surface area contributed by atoms with Crippen molar-refractivity contribution in [3.63, 3.8) is 0 Å². The predicted octanol–water partition coefficient (Wildman–Crippen LogP) is 5.08. The molecule has 45 heavy (non-hydrogen) atoms. The molecule has 0 aromatic heterocycles. The number of hydrogen-bond acceptors (Lipinski definition) is 7. The maximum Gasteiger partial charge on any atom is 0.264 e. The van der Waals surface area contributed by atoms with E-state index in [1.807, 2.05) is 38.1 Å². The fourth-order valence-corrected chi connectivity index (χ4v) is 6.92. The monoisotopic (exact) mass is 637 g/mol. The first-order valence-corrected chi connectivity index (χ1v) is 16.6. The van der Waals surface area contributed by atoms with Crippen molar-refractivity contribution in [3.8, 4) is 17.2 Å². The summed E-state index contributed by atoms with van der Waals surface area (Å²) in [5.41, 5.74) is 2.11. The van der Waals surface area contributed by atoms with Crippen LogP contribution in [0.25, 0.3) is 0 Å². The average molecular weight is 638 g/mol. The van der Waals surface area contributed by atoms with Crippen LogP contribution in [0.1, 0.15) is 50.7 Å². The largest absolute Gasteiger partial charge is 0.494 e. The van der Waals surface area contributed by atoms with Crippen LogP contribution in [-0.4, -0.2) is 64.6 Å². The van der Waals surface area contributed by atoms with Gasteiger partial charge in [-0.05, 0) is 75.6 Å². The zero-order valence-electron chi connectivity index (χ0n) is 26.6. The van der Waals surface area contributed by atoms with E-state index in [2.05, 4.69) is 5.32 Å². The molecule has 0 heterocycles. The number of ether oxygens (including phenoxy) is 3. The van der Waals surface area contributed by atoms with Crippen LogP contribution in [0.2, 0.25) is 0 Å². The molecule has 10 nitrogen and oxygen atoms in total. The highest BCUT2D eigenvalue weighted by atomic mass is 32.2. The summed E-state index contributed by atoms with van der Waals surface area (Å²) in [6.07, 6.45) is 3.91. The fourth-order valence-electron chi connectivity index (χ4n) is 5.49. The molecule has 0 bridgehead atoms. The number of nitrogens with zero attached hydrogens (tertiary/aromatic N) is 2. The standard InChI is InChI=1S/C34H43N3O7S/c1-6-44-29-16-14-28(15-17-29)37(45(40,41)30-18-19-31(42-4)32(21-30)43-5)23-33(38)36(22-26-11-9-10-24(2)20-26)25(3)34(39)35-27-12-7-8-13-27/h9-11,14-21,25,27H,6-8,12-13,22-23H2,1-5H3,(H,35,39)/t25-/m1/s1. The Balaban J connectivity index is 1.72. The molecule has 0 saturated heterocycles. The summed E-state index contributed by atoms with van der Waals surface area (Å²) in [6, 6.07) is 17.7. The topological polar surface area (TPSA) is 114 Å². The second kappa shape index (κ2) is 15.2. The molecule has 1 atom stereocenters. The summed E-state index contributed by atoms with van der Waals surface area (Å²) in [5, 5.41) is 3.09. The van der Waals surface area contributed by atoms with Gasteiger partial charge in [0, 0.05) is 18.7 Å². The van der Waals surface area contributed by atoms with Crippen molar-refractivity contribution in [2.75, 3.05) is 31.7 Å². The van der Waals surface area contributed by atoms with Crippen molar-refractivity contribution in [1.82, 2.24) is 10.2 Å². The molecule has 0 aliphatic heterocycles. The Morgan fingerprint density at radius 3 is 2.27 bits per heavy atom. The van der Waals surface area contributed by atoms with Gasteiger partial charge in [-0.25, -0.2) is 8.42 Å². The fraction of sp³-hybridized carbons (Fsp3) is 0.412. The van der Waals surface area contributed by atoms with Crippen molar-refractivity contribution < 1.29 is 32.2 Å². The van der Waals surface area contributed by atoms with E-state index in [1.165, 1.54) is 37.3 Å². The van der Waals surface area contributed by atoms with Gasteiger partial charge in [0.15, 0.2) is 11.5 Å². The summed E-state index contributed by atoms with van der Waals surface area (Å²) in [4.78, 5) is 29.0. The second-order valence-corrected chi connectivity index (χ2v) is 13.0. The number of methoxy groups -OCH3 is 2. The van der Waals surface area contributed by atoms with E-state index >= 15 is 0 Å². The van der Waals surface area contributed by atoms with Gasteiger partial charge in [-0.3, -0.25) is 13.9 Å². The number of benzene rings is 3. The number of nitrogens with one attached hydrogen (secondary N) is 1. The summed E-state index contributed by atoms with van der Waals surface area (Å²) < 4.78 is 45.8. The first-order chi connectivity index (χ1) is 21.6. The minimum absolute atomic E-state index is 0.0710. The number of rotatable bonds is 14. The van der Waals surface area contributed by atoms with Gasteiger partial charge in [-0.1, -0.05) is 42.7 Å². The van der Waals surface area contributed by atoms with Crippen LogP contribution < -0.4 is 23.8 Å². The molecule has 1 aliphatic carbocycles. The second-order valence-electron chi connectivity index (χ2n) is 11.1. The van der Waals surface area contributed by atoms with E-state index in [0.717, 1.165) is 41.1 Å². The van der Waals surface area contributed by atoms with Gasteiger partial charge in [0.05, 0.1) is 31.4 Å². The lowest BCUT2D eigenvalue weighted by molar-refractivity contribution is -0.139. The van der Waals surface area contributed by atoms with Crippen LogP contribution in [0.4, 0.5) is 5.69 Å². The van der Waals surface area contributed by atoms with Gasteiger partial charge in [-0.15, -0.1) is 0 Å². The quantitative estimate of drug-likeness (QED) is 0.262. The summed E-state index contributed by atoms with van der Waals surface area (Å²) in [5.74, 6) is 0.373. The van der Waals surface area contributed by atoms with Crippen LogP contribution >= 0.6 is 0 Å². The summed E-state index contributed by atoms with van der Waals surface area (Å²) >= 11 is 0. The third-order valence-corrected chi connectivity index (χ3v) is 9.73. The number of carbonyl (C=O) groups excluding carboxylic acids is 2. The van der Waals surface area contributed by atoms with Crippen molar-refractivity contribution in [2.45, 2.75) is 70.0 Å². The minimum Gasteiger partial charge on any atom is -0.494 e. The zero-order valence-corrected chi connectivity index (χ0v) is 27.4. The van der Waals surface area contributed by atoms with Crippen LogP contribution in [0.5, 0.6) is 17.2 Å². The highest BCUT2D eigenvalue weighted by Crippen LogP contribution is 2.33. The molecule has 1 fully saturated rings. The highest BCUT2D eigenvalue weighted by molar-refractivity contribution is 7.92. The van der Waals surface area contributed by atoms with Crippen LogP contribution in [0, 0.1) is 6.92 Å². The normalized spacial score (nSPS) is 14.0. The molecular formula is C34H43N3O7S. The van der Waals surface area contributed by atoms with Crippen molar-refractivity contribution in [3.05, 3.63) is 77.9 Å². The maximum atomic E-state index is 14.3. The summed E-state index contributed by atoms with van der Waals surface area (Å²) in [7, 11) is -1.42. The van der Waals surface area contributed by atoms with Gasteiger partial charge >= 0.3 is 0 Å². The Morgan fingerprint density at radius 2 is 1.64 bits per heavy atom. The van der Waals surface area contributed by atoms with E-state index in [4.69, 9.17) is 14.2 Å². The smallest absolute Gasteiger partial charge is 0.264 e. The first-order valence-electron chi connectivity index (χ1n) is 15.2. The van der Waals surface area contributed by atoms with Crippen LogP contribution in [-0.2, 0) is 26.2 Å². The molecule has 0 unspecified atom stereocenters. The number of anilines is 1. The van der Waals surface area contributed by atoms with Gasteiger partial charge < -0.3 is 24.4 Å². The molecule has 3 aromatic carbocycles. The molecule has 1 saturated carbocycles. The molecule has 1 aliphatic rings. The van der Waals surface area contributed by atoms with E-state index in [1.54, 1.807) is 31.2 Å². The van der Waals surface area contributed by atoms with Crippen molar-refractivity contribution in [1.29, 1.82) is 0 Å². The van der Waals surface area contributed by atoms with Gasteiger partial charge in [0.25, 0.3) is 10.0 Å². The molecular weight excluding hydrogens is 594 g/mol. The molecule has 11 heteroatoms. The average Bonchev–Trinajstić information content (AvgIpc) is 3.55. The number of sulfonamides is 1. The van der Waals surface area contributed by atoms with Gasteiger partial charge in [0.2, 0.25) is 11.8 Å². The molecule has 242 valence electrons. The molecule has 0 spiro atoms. The Bertz CT molecular complexity index is 1570. The lowest BCUT2D eigenvalue weighted by atomic mass is 10.1. The van der Waals surface area contributed by atoms with Crippen LogP contribution in [0.3, 0.4) is 0 Å². The van der Waals surface area contributed by atoms with Crippen molar-refractivity contribution in [2.24, 2.45) is 0 Å². The molecule has 2 amide bonds. The zero-order chi connectivity index (χ0) is 32.6. The lowest BCUT2D eigenvalue weighted by Gasteiger charge is -2.32. The Morgan fingerprint density at radius 1 is 0.956 bits per heavy atom. The SMILES string of the molecule is CCOc1ccc(N(CC(=O)N(Cc2cccc(C)c2)[C@H](C)C(=O)NC2CCCC2)S(=O)(=O)c2ccc(OC)c(OC)c2)cc1. The number of carbonyl (C=O) groups is 2. The van der Waals surface area contributed by atoms with E-state index < -0.39 is 28.5 Å². The molecule has 4 rings (SSSR count). The number of amides is 2. The highest BCUT2D eigenvalue weighted by Gasteiger charge is 2.34. The first kappa shape index (κ1) is 33.6. The third kappa shape index (κ3) is 8.27. The Hall–Kier alpha value is -4.25. The van der Waals surface area contributed by atoms with Crippen molar-refractivity contribution >= 4 is 27.5 Å². The Labute approximate surface area is 266 Å². The predicted molar refractivity (Wildman–Crippen MR) is 173 cm³/mol. The molecule has 1 N–H and O–H groups in total. The van der Waals surface area contributed by atoms with Crippen LogP contribution in [0.15, 0.2) is 71.6 Å². The number of aryl methyl sites for hydroxylation is 1. The third-order valence-electron chi connectivity index (χ3n) is 7.96. The van der Waals surface area contributed by atoms with Gasteiger partial charge in [0.1, 0.15) is 18.3 Å².